The van der Waals surface area contributed by atoms with E-state index in [0.29, 0.717) is 31.2 Å². The fourth-order valence-electron chi connectivity index (χ4n) is 3.49. The highest BCUT2D eigenvalue weighted by Crippen LogP contribution is 2.31. The van der Waals surface area contributed by atoms with Crippen molar-refractivity contribution in [2.45, 2.75) is 19.5 Å². The Morgan fingerprint density at radius 3 is 2.69 bits per heavy atom. The molecule has 3 N–H and O–H groups in total. The summed E-state index contributed by atoms with van der Waals surface area (Å²) in [5.74, 6) is -0.658. The maximum Gasteiger partial charge on any atom is 0.284 e. The number of thiophene rings is 1. The zero-order valence-corrected chi connectivity index (χ0v) is 22.8. The zero-order chi connectivity index (χ0) is 24.9. The van der Waals surface area contributed by atoms with Crippen molar-refractivity contribution in [1.82, 2.24) is 20.5 Å². The number of para-hydroxylation sites is 1. The standard InChI is InChI=1S/C23H24ClN5O4S2.ClH/c1-25-19(30)12-33-15-5-3-4-13(10-26-21(31)16-6-7-18(24)34-16)20(15)28-22(32)23-27-14-8-9-29(2)11-17(14)35-23;/h3-7H,8-12H2,1-2H3,(H,25,30)(H,26,31)(H,28,32);1H. The molecule has 192 valence electrons. The molecule has 0 unspecified atom stereocenters. The van der Waals surface area contributed by atoms with E-state index in [2.05, 4.69) is 25.8 Å². The van der Waals surface area contributed by atoms with E-state index >= 15 is 0 Å². The molecule has 1 aliphatic heterocycles. The van der Waals surface area contributed by atoms with Gasteiger partial charge in [0.2, 0.25) is 0 Å². The Balaban J connectivity index is 0.00000361. The van der Waals surface area contributed by atoms with Crippen molar-refractivity contribution in [2.24, 2.45) is 0 Å². The van der Waals surface area contributed by atoms with E-state index in [1.54, 1.807) is 30.3 Å². The van der Waals surface area contributed by atoms with Gasteiger partial charge in [0.25, 0.3) is 17.7 Å². The Kier molecular flexibility index (Phi) is 9.69. The molecule has 0 bridgehead atoms. The first-order valence-electron chi connectivity index (χ1n) is 10.8. The Morgan fingerprint density at radius 1 is 1.17 bits per heavy atom. The Morgan fingerprint density at radius 2 is 1.97 bits per heavy atom. The molecule has 3 amide bonds. The van der Waals surface area contributed by atoms with Gasteiger partial charge in [-0.25, -0.2) is 4.98 Å². The lowest BCUT2D eigenvalue weighted by Crippen LogP contribution is -2.26. The SMILES string of the molecule is CNC(=O)COc1cccc(CNC(=O)c2ccc(Cl)s2)c1NC(=O)c1nc2c(s1)CN(C)CC2.Cl. The van der Waals surface area contributed by atoms with Gasteiger partial charge in [-0.05, 0) is 30.8 Å². The number of hydrogen-bond donors (Lipinski definition) is 3. The van der Waals surface area contributed by atoms with Crippen molar-refractivity contribution >= 4 is 70.1 Å². The van der Waals surface area contributed by atoms with Crippen LogP contribution >= 0.6 is 46.7 Å². The van der Waals surface area contributed by atoms with Crippen molar-refractivity contribution in [3.63, 3.8) is 0 Å². The van der Waals surface area contributed by atoms with Gasteiger partial charge in [-0.15, -0.1) is 35.1 Å². The summed E-state index contributed by atoms with van der Waals surface area (Å²) in [6.45, 7) is 1.56. The number of rotatable bonds is 8. The minimum atomic E-state index is -0.374. The van der Waals surface area contributed by atoms with Crippen LogP contribution in [0.2, 0.25) is 4.34 Å². The highest BCUT2D eigenvalue weighted by Gasteiger charge is 2.23. The van der Waals surface area contributed by atoms with Gasteiger partial charge in [-0.1, -0.05) is 23.7 Å². The molecular formula is C23H25Cl2N5O4S2. The quantitative estimate of drug-likeness (QED) is 0.382. The minimum absolute atomic E-state index is 0. The first kappa shape index (κ1) is 27.9. The van der Waals surface area contributed by atoms with E-state index in [4.69, 9.17) is 16.3 Å². The number of thiazole rings is 1. The predicted octanol–water partition coefficient (Wildman–Crippen LogP) is 3.57. The van der Waals surface area contributed by atoms with Gasteiger partial charge in [0.05, 0.1) is 20.6 Å². The van der Waals surface area contributed by atoms with Gasteiger partial charge < -0.3 is 25.6 Å². The van der Waals surface area contributed by atoms with Gasteiger partial charge in [-0.3, -0.25) is 14.4 Å². The summed E-state index contributed by atoms with van der Waals surface area (Å²) in [6.07, 6.45) is 0.797. The molecule has 3 aromatic rings. The number of nitrogens with one attached hydrogen (secondary N) is 3. The average Bonchev–Trinajstić information content (AvgIpc) is 3.47. The van der Waals surface area contributed by atoms with E-state index in [1.165, 1.54) is 29.7 Å². The van der Waals surface area contributed by atoms with Crippen molar-refractivity contribution < 1.29 is 19.1 Å². The Bertz CT molecular complexity index is 1260. The molecule has 1 aliphatic rings. The number of carbonyl (C=O) groups excluding carboxylic acids is 3. The molecular weight excluding hydrogens is 545 g/mol. The minimum Gasteiger partial charge on any atom is -0.482 e. The predicted molar refractivity (Wildman–Crippen MR) is 144 cm³/mol. The van der Waals surface area contributed by atoms with Crippen LogP contribution in [0.5, 0.6) is 5.75 Å². The summed E-state index contributed by atoms with van der Waals surface area (Å²) in [7, 11) is 3.55. The summed E-state index contributed by atoms with van der Waals surface area (Å²) in [4.78, 5) is 45.7. The van der Waals surface area contributed by atoms with Crippen molar-refractivity contribution in [3.05, 3.63) is 60.7 Å². The number of amides is 3. The molecule has 13 heteroatoms. The lowest BCUT2D eigenvalue weighted by atomic mass is 10.1. The Hall–Kier alpha value is -2.70. The van der Waals surface area contributed by atoms with Crippen LogP contribution in [0.3, 0.4) is 0 Å². The maximum atomic E-state index is 13.2. The lowest BCUT2D eigenvalue weighted by molar-refractivity contribution is -0.122. The molecule has 0 saturated carbocycles. The average molecular weight is 571 g/mol. The number of halogens is 2. The summed E-state index contributed by atoms with van der Waals surface area (Å²) >= 11 is 8.48. The summed E-state index contributed by atoms with van der Waals surface area (Å²) < 4.78 is 6.20. The van der Waals surface area contributed by atoms with Crippen LogP contribution in [-0.2, 0) is 24.3 Å². The number of anilines is 1. The van der Waals surface area contributed by atoms with Gasteiger partial charge in [-0.2, -0.15) is 0 Å². The summed E-state index contributed by atoms with van der Waals surface area (Å²) in [5, 5.41) is 8.59. The number of aromatic nitrogens is 1. The molecule has 0 aliphatic carbocycles. The second-order valence-electron chi connectivity index (χ2n) is 7.87. The van der Waals surface area contributed by atoms with Crippen LogP contribution < -0.4 is 20.7 Å². The zero-order valence-electron chi connectivity index (χ0n) is 19.6. The number of nitrogens with zero attached hydrogens (tertiary/aromatic N) is 2. The third kappa shape index (κ3) is 6.74. The largest absolute Gasteiger partial charge is 0.482 e. The molecule has 2 aromatic heterocycles. The smallest absolute Gasteiger partial charge is 0.284 e. The van der Waals surface area contributed by atoms with Crippen molar-refractivity contribution in [1.29, 1.82) is 0 Å². The van der Waals surface area contributed by atoms with Crippen LogP contribution in [0.4, 0.5) is 5.69 Å². The first-order valence-corrected chi connectivity index (χ1v) is 12.8. The number of hydrogen-bond acceptors (Lipinski definition) is 8. The third-order valence-corrected chi connectivity index (χ3v) is 7.65. The third-order valence-electron chi connectivity index (χ3n) is 5.34. The van der Waals surface area contributed by atoms with Gasteiger partial charge in [0, 0.05) is 38.0 Å². The highest BCUT2D eigenvalue weighted by atomic mass is 35.5. The molecule has 0 spiro atoms. The van der Waals surface area contributed by atoms with Crippen LogP contribution in [0.15, 0.2) is 30.3 Å². The van der Waals surface area contributed by atoms with E-state index in [9.17, 15) is 14.4 Å². The van der Waals surface area contributed by atoms with Crippen LogP contribution in [0.25, 0.3) is 0 Å². The molecule has 1 aromatic carbocycles. The van der Waals surface area contributed by atoms with Gasteiger partial charge >= 0.3 is 0 Å². The molecule has 0 fully saturated rings. The number of fused-ring (bicyclic) bond motifs is 1. The van der Waals surface area contributed by atoms with Crippen molar-refractivity contribution in [3.8, 4) is 5.75 Å². The molecule has 0 atom stereocenters. The maximum absolute atomic E-state index is 13.2. The fourth-order valence-corrected chi connectivity index (χ4v) is 5.53. The van der Waals surface area contributed by atoms with E-state index < -0.39 is 0 Å². The number of carbonyl (C=O) groups is 3. The second kappa shape index (κ2) is 12.5. The molecule has 0 radical (unpaired) electrons. The lowest BCUT2D eigenvalue weighted by Gasteiger charge is -2.20. The van der Waals surface area contributed by atoms with E-state index in [0.717, 1.165) is 30.1 Å². The van der Waals surface area contributed by atoms with Gasteiger partial charge in [0.15, 0.2) is 11.6 Å². The van der Waals surface area contributed by atoms with Crippen molar-refractivity contribution in [2.75, 3.05) is 32.6 Å². The first-order chi connectivity index (χ1) is 16.8. The van der Waals surface area contributed by atoms with Gasteiger partial charge in [0.1, 0.15) is 5.75 Å². The van der Waals surface area contributed by atoms with E-state index in [-0.39, 0.29) is 43.3 Å². The van der Waals surface area contributed by atoms with E-state index in [1.807, 2.05) is 7.05 Å². The molecule has 4 rings (SSSR count). The fraction of sp³-hybridized carbons (Fsp3) is 0.304. The summed E-state index contributed by atoms with van der Waals surface area (Å²) in [6, 6.07) is 8.47. The highest BCUT2D eigenvalue weighted by molar-refractivity contribution is 7.18. The molecule has 9 nitrogen and oxygen atoms in total. The van der Waals surface area contributed by atoms with Crippen LogP contribution in [0.1, 0.15) is 35.6 Å². The second-order valence-corrected chi connectivity index (χ2v) is 10.7. The van der Waals surface area contributed by atoms with Crippen LogP contribution in [0, 0.1) is 0 Å². The number of likely N-dealkylation sites (N-methyl/N-ethyl adjacent to an activating group) is 2. The normalized spacial score (nSPS) is 12.8. The monoisotopic (exact) mass is 569 g/mol. The molecule has 0 saturated heterocycles. The summed E-state index contributed by atoms with van der Waals surface area (Å²) in [5.41, 5.74) is 1.94. The number of benzene rings is 1. The number of ether oxygens (including phenoxy) is 1. The topological polar surface area (TPSA) is 113 Å². The Labute approximate surface area is 227 Å². The molecule has 36 heavy (non-hydrogen) atoms. The molecule has 3 heterocycles. The van der Waals surface area contributed by atoms with Crippen LogP contribution in [-0.4, -0.2) is 54.9 Å².